The molecule has 1 aromatic carbocycles. The van der Waals surface area contributed by atoms with E-state index in [1.54, 1.807) is 12.1 Å². The van der Waals surface area contributed by atoms with E-state index in [9.17, 15) is 14.7 Å². The van der Waals surface area contributed by atoms with Crippen molar-refractivity contribution in [1.29, 1.82) is 0 Å². The van der Waals surface area contributed by atoms with Crippen LogP contribution in [0.25, 0.3) is 0 Å². The van der Waals surface area contributed by atoms with Gasteiger partial charge in [0.15, 0.2) is 0 Å². The smallest absolute Gasteiger partial charge is 0.251 e. The number of aliphatic hydroxyl groups excluding tert-OH is 1. The molecule has 0 aliphatic heterocycles. The zero-order valence-corrected chi connectivity index (χ0v) is 12.8. The van der Waals surface area contributed by atoms with Crippen LogP contribution in [0.5, 0.6) is 0 Å². The number of hydrogen-bond acceptors (Lipinski definition) is 3. The van der Waals surface area contributed by atoms with Crippen molar-refractivity contribution in [2.24, 2.45) is 5.92 Å². The summed E-state index contributed by atoms with van der Waals surface area (Å²) in [6.07, 6.45) is 3.81. The van der Waals surface area contributed by atoms with Crippen molar-refractivity contribution in [2.45, 2.75) is 51.2 Å². The van der Waals surface area contributed by atoms with Gasteiger partial charge in [0.25, 0.3) is 5.91 Å². The zero-order valence-electron chi connectivity index (χ0n) is 12.8. The van der Waals surface area contributed by atoms with E-state index >= 15 is 0 Å². The Kier molecular flexibility index (Phi) is 4.16. The average molecular weight is 302 g/mol. The molecule has 3 N–H and O–H groups in total. The molecule has 1 aromatic rings. The first-order chi connectivity index (χ1) is 10.5. The lowest BCUT2D eigenvalue weighted by molar-refractivity contribution is -0.122. The van der Waals surface area contributed by atoms with Gasteiger partial charge in [-0.1, -0.05) is 6.07 Å². The first-order valence-electron chi connectivity index (χ1n) is 7.95. The van der Waals surface area contributed by atoms with Crippen LogP contribution in [0.4, 0.5) is 5.69 Å². The molecule has 0 saturated heterocycles. The third-order valence-electron chi connectivity index (χ3n) is 4.49. The van der Waals surface area contributed by atoms with Crippen molar-refractivity contribution in [3.05, 3.63) is 29.3 Å². The van der Waals surface area contributed by atoms with Crippen molar-refractivity contribution in [2.75, 3.05) is 5.32 Å². The Hall–Kier alpha value is -1.88. The van der Waals surface area contributed by atoms with Crippen molar-refractivity contribution < 1.29 is 14.7 Å². The number of anilines is 1. The fourth-order valence-corrected chi connectivity index (χ4v) is 2.87. The van der Waals surface area contributed by atoms with E-state index in [1.165, 1.54) is 0 Å². The van der Waals surface area contributed by atoms with Crippen LogP contribution < -0.4 is 10.6 Å². The molecule has 2 fully saturated rings. The molecule has 22 heavy (non-hydrogen) atoms. The van der Waals surface area contributed by atoms with Crippen LogP contribution in [0.15, 0.2) is 18.2 Å². The molecule has 2 atom stereocenters. The number of rotatable bonds is 4. The standard InChI is InChI=1S/C17H22N2O3/c1-10-5-6-11(16(21)18-12-7-8-12)9-14(10)19-17(22)13-3-2-4-15(13)20/h5-6,9,12-13,15,20H,2-4,7-8H2,1H3,(H,18,21)(H,19,22). The second kappa shape index (κ2) is 6.08. The van der Waals surface area contributed by atoms with E-state index < -0.39 is 6.10 Å². The predicted molar refractivity (Wildman–Crippen MR) is 83.6 cm³/mol. The lowest BCUT2D eigenvalue weighted by Crippen LogP contribution is -2.29. The van der Waals surface area contributed by atoms with Gasteiger partial charge in [-0.3, -0.25) is 9.59 Å². The molecule has 2 saturated carbocycles. The molecule has 0 bridgehead atoms. The summed E-state index contributed by atoms with van der Waals surface area (Å²) < 4.78 is 0. The number of carbonyl (C=O) groups excluding carboxylic acids is 2. The molecule has 2 aliphatic carbocycles. The third-order valence-corrected chi connectivity index (χ3v) is 4.49. The molecule has 3 rings (SSSR count). The molecule has 5 nitrogen and oxygen atoms in total. The van der Waals surface area contributed by atoms with Crippen molar-refractivity contribution in [3.8, 4) is 0 Å². The number of nitrogens with one attached hydrogen (secondary N) is 2. The summed E-state index contributed by atoms with van der Waals surface area (Å²) in [4.78, 5) is 24.4. The van der Waals surface area contributed by atoms with E-state index in [2.05, 4.69) is 10.6 Å². The largest absolute Gasteiger partial charge is 0.392 e. The first kappa shape index (κ1) is 15.0. The van der Waals surface area contributed by atoms with E-state index in [1.807, 2.05) is 13.0 Å². The highest BCUT2D eigenvalue weighted by molar-refractivity contribution is 5.98. The topological polar surface area (TPSA) is 78.4 Å². The molecule has 0 radical (unpaired) electrons. The Labute approximate surface area is 130 Å². The molecule has 118 valence electrons. The van der Waals surface area contributed by atoms with Crippen LogP contribution >= 0.6 is 0 Å². The second-order valence-electron chi connectivity index (χ2n) is 6.37. The number of aryl methyl sites for hydroxylation is 1. The average Bonchev–Trinajstić information content (AvgIpc) is 3.19. The van der Waals surface area contributed by atoms with Crippen LogP contribution in [0.2, 0.25) is 0 Å². The number of carbonyl (C=O) groups is 2. The van der Waals surface area contributed by atoms with Crippen LogP contribution in [0, 0.1) is 12.8 Å². The summed E-state index contributed by atoms with van der Waals surface area (Å²) in [5.41, 5.74) is 2.11. The summed E-state index contributed by atoms with van der Waals surface area (Å²) in [5.74, 6) is -0.602. The van der Waals surface area contributed by atoms with Crippen molar-refractivity contribution >= 4 is 17.5 Å². The Balaban J connectivity index is 1.71. The van der Waals surface area contributed by atoms with Gasteiger partial charge >= 0.3 is 0 Å². The highest BCUT2D eigenvalue weighted by Crippen LogP contribution is 2.28. The molecular weight excluding hydrogens is 280 g/mol. The normalized spacial score (nSPS) is 24.1. The Morgan fingerprint density at radius 2 is 1.95 bits per heavy atom. The van der Waals surface area contributed by atoms with Gasteiger partial charge in [-0.05, 0) is 56.7 Å². The summed E-state index contributed by atoms with van der Waals surface area (Å²) in [6, 6.07) is 5.63. The molecule has 2 amide bonds. The van der Waals surface area contributed by atoms with Gasteiger partial charge < -0.3 is 15.7 Å². The fourth-order valence-electron chi connectivity index (χ4n) is 2.87. The lowest BCUT2D eigenvalue weighted by Gasteiger charge is -2.16. The maximum Gasteiger partial charge on any atom is 0.251 e. The number of benzene rings is 1. The van der Waals surface area contributed by atoms with Crippen LogP contribution in [-0.4, -0.2) is 29.1 Å². The molecule has 5 heteroatoms. The van der Waals surface area contributed by atoms with Gasteiger partial charge in [0.2, 0.25) is 5.91 Å². The van der Waals surface area contributed by atoms with E-state index in [0.717, 1.165) is 24.8 Å². The summed E-state index contributed by atoms with van der Waals surface area (Å²) in [5, 5.41) is 15.6. The Morgan fingerprint density at radius 1 is 1.18 bits per heavy atom. The van der Waals surface area contributed by atoms with Crippen LogP contribution in [0.1, 0.15) is 48.0 Å². The number of aliphatic hydroxyl groups is 1. The molecule has 0 heterocycles. The summed E-state index contributed by atoms with van der Waals surface area (Å²) in [6.45, 7) is 1.89. The summed E-state index contributed by atoms with van der Waals surface area (Å²) >= 11 is 0. The van der Waals surface area contributed by atoms with Crippen molar-refractivity contribution in [3.63, 3.8) is 0 Å². The van der Waals surface area contributed by atoms with Gasteiger partial charge in [-0.25, -0.2) is 0 Å². The fraction of sp³-hybridized carbons (Fsp3) is 0.529. The minimum absolute atomic E-state index is 0.0982. The second-order valence-corrected chi connectivity index (χ2v) is 6.37. The van der Waals surface area contributed by atoms with E-state index in [-0.39, 0.29) is 17.7 Å². The Bertz CT molecular complexity index is 596. The number of hydrogen-bond donors (Lipinski definition) is 3. The van der Waals surface area contributed by atoms with Gasteiger partial charge in [0.1, 0.15) is 0 Å². The molecule has 2 unspecified atom stereocenters. The van der Waals surface area contributed by atoms with Gasteiger partial charge in [-0.15, -0.1) is 0 Å². The zero-order chi connectivity index (χ0) is 15.7. The molecule has 0 aromatic heterocycles. The quantitative estimate of drug-likeness (QED) is 0.796. The van der Waals surface area contributed by atoms with Crippen LogP contribution in [0.3, 0.4) is 0 Å². The van der Waals surface area contributed by atoms with Gasteiger partial charge in [0.05, 0.1) is 12.0 Å². The Morgan fingerprint density at radius 3 is 2.59 bits per heavy atom. The minimum atomic E-state index is -0.554. The van der Waals surface area contributed by atoms with Crippen LogP contribution in [-0.2, 0) is 4.79 Å². The van der Waals surface area contributed by atoms with Gasteiger partial charge in [-0.2, -0.15) is 0 Å². The highest BCUT2D eigenvalue weighted by atomic mass is 16.3. The molecule has 2 aliphatic rings. The SMILES string of the molecule is Cc1ccc(C(=O)NC2CC2)cc1NC(=O)C1CCCC1O. The number of amides is 2. The highest BCUT2D eigenvalue weighted by Gasteiger charge is 2.31. The summed E-state index contributed by atoms with van der Waals surface area (Å²) in [7, 11) is 0. The lowest BCUT2D eigenvalue weighted by atomic mass is 10.0. The predicted octanol–water partition coefficient (Wildman–Crippen LogP) is 1.99. The molecule has 0 spiro atoms. The third kappa shape index (κ3) is 3.30. The van der Waals surface area contributed by atoms with Gasteiger partial charge in [0, 0.05) is 17.3 Å². The van der Waals surface area contributed by atoms with E-state index in [0.29, 0.717) is 30.1 Å². The molecular formula is C17H22N2O3. The maximum atomic E-state index is 12.3. The van der Waals surface area contributed by atoms with Crippen molar-refractivity contribution in [1.82, 2.24) is 5.32 Å². The maximum absolute atomic E-state index is 12.3. The monoisotopic (exact) mass is 302 g/mol. The van der Waals surface area contributed by atoms with E-state index in [4.69, 9.17) is 0 Å². The first-order valence-corrected chi connectivity index (χ1v) is 7.95. The minimum Gasteiger partial charge on any atom is -0.392 e.